The minimum atomic E-state index is -3.70. The maximum atomic E-state index is 14.6. The minimum absolute atomic E-state index is 0.0918. The van der Waals surface area contributed by atoms with Gasteiger partial charge in [0.15, 0.2) is 0 Å². The van der Waals surface area contributed by atoms with Crippen LogP contribution in [0.4, 0.5) is 14.5 Å². The average Bonchev–Trinajstić information content (AvgIpc) is 2.86. The first-order chi connectivity index (χ1) is 16.3. The van der Waals surface area contributed by atoms with Crippen LogP contribution in [-0.2, 0) is 14.8 Å². The highest BCUT2D eigenvalue weighted by Crippen LogP contribution is 2.33. The molecule has 0 radical (unpaired) electrons. The zero-order valence-corrected chi connectivity index (χ0v) is 19.3. The SMILES string of the molecule is COc1ccc(S(=O)(=O)N2CCC(C(=O)Nc3c(F)cc(F)cc3-c3ccccc3)CC2)cc1. The molecule has 9 heteroatoms. The van der Waals surface area contributed by atoms with Crippen LogP contribution in [0.25, 0.3) is 11.1 Å². The number of nitrogens with zero attached hydrogens (tertiary/aromatic N) is 1. The van der Waals surface area contributed by atoms with E-state index in [1.807, 2.05) is 0 Å². The number of piperidine rings is 1. The third-order valence-electron chi connectivity index (χ3n) is 5.91. The lowest BCUT2D eigenvalue weighted by molar-refractivity contribution is -0.120. The Morgan fingerprint density at radius 3 is 2.26 bits per heavy atom. The summed E-state index contributed by atoms with van der Waals surface area (Å²) in [4.78, 5) is 13.1. The Hall–Kier alpha value is -3.30. The Bertz CT molecular complexity index is 1270. The van der Waals surface area contributed by atoms with Crippen LogP contribution in [0.3, 0.4) is 0 Å². The molecule has 1 aliphatic heterocycles. The lowest BCUT2D eigenvalue weighted by atomic mass is 9.96. The molecule has 1 aliphatic rings. The van der Waals surface area contributed by atoms with E-state index in [2.05, 4.69) is 5.32 Å². The first-order valence-corrected chi connectivity index (χ1v) is 12.2. The third kappa shape index (κ3) is 4.95. The number of halogens is 2. The van der Waals surface area contributed by atoms with Crippen molar-refractivity contribution in [3.8, 4) is 16.9 Å². The molecule has 0 atom stereocenters. The Morgan fingerprint density at radius 2 is 1.65 bits per heavy atom. The van der Waals surface area contributed by atoms with Crippen molar-refractivity contribution in [2.75, 3.05) is 25.5 Å². The Morgan fingerprint density at radius 1 is 1.00 bits per heavy atom. The fraction of sp³-hybridized carbons (Fsp3) is 0.240. The molecule has 0 aliphatic carbocycles. The molecule has 3 aromatic rings. The van der Waals surface area contributed by atoms with Gasteiger partial charge in [0.1, 0.15) is 17.4 Å². The quantitative estimate of drug-likeness (QED) is 0.549. The highest BCUT2D eigenvalue weighted by molar-refractivity contribution is 7.89. The van der Waals surface area contributed by atoms with E-state index in [-0.39, 0.29) is 42.1 Å². The van der Waals surface area contributed by atoms with Crippen LogP contribution >= 0.6 is 0 Å². The van der Waals surface area contributed by atoms with Gasteiger partial charge < -0.3 is 10.1 Å². The third-order valence-corrected chi connectivity index (χ3v) is 7.82. The van der Waals surface area contributed by atoms with Gasteiger partial charge in [-0.2, -0.15) is 4.31 Å². The number of carbonyl (C=O) groups is 1. The number of benzene rings is 3. The van der Waals surface area contributed by atoms with Gasteiger partial charge in [0.05, 0.1) is 17.7 Å². The second-order valence-corrected chi connectivity index (χ2v) is 9.96. The number of nitrogens with one attached hydrogen (secondary N) is 1. The number of hydrogen-bond acceptors (Lipinski definition) is 4. The van der Waals surface area contributed by atoms with E-state index in [1.165, 1.54) is 29.6 Å². The van der Waals surface area contributed by atoms with E-state index in [4.69, 9.17) is 4.74 Å². The van der Waals surface area contributed by atoms with Crippen LogP contribution in [0.2, 0.25) is 0 Å². The molecule has 6 nitrogen and oxygen atoms in total. The number of sulfonamides is 1. The number of amides is 1. The van der Waals surface area contributed by atoms with Crippen molar-refractivity contribution in [2.45, 2.75) is 17.7 Å². The van der Waals surface area contributed by atoms with Gasteiger partial charge in [-0.1, -0.05) is 30.3 Å². The van der Waals surface area contributed by atoms with Crippen molar-refractivity contribution in [3.05, 3.63) is 78.4 Å². The van der Waals surface area contributed by atoms with Crippen LogP contribution in [-0.4, -0.2) is 38.8 Å². The first-order valence-electron chi connectivity index (χ1n) is 10.8. The molecule has 3 aromatic carbocycles. The predicted octanol–water partition coefficient (Wildman–Crippen LogP) is 4.68. The molecule has 0 bridgehead atoms. The second-order valence-electron chi connectivity index (χ2n) is 8.02. The van der Waals surface area contributed by atoms with Gasteiger partial charge >= 0.3 is 0 Å². The van der Waals surface area contributed by atoms with Crippen molar-refractivity contribution < 1.29 is 26.7 Å². The molecular weight excluding hydrogens is 462 g/mol. The molecule has 0 saturated carbocycles. The second kappa shape index (κ2) is 9.90. The van der Waals surface area contributed by atoms with Gasteiger partial charge in [-0.25, -0.2) is 17.2 Å². The van der Waals surface area contributed by atoms with Gasteiger partial charge in [-0.15, -0.1) is 0 Å². The summed E-state index contributed by atoms with van der Waals surface area (Å²) in [6.07, 6.45) is 0.565. The number of carbonyl (C=O) groups excluding carboxylic acids is 1. The lowest BCUT2D eigenvalue weighted by Gasteiger charge is -2.30. The number of anilines is 1. The molecule has 0 unspecified atom stereocenters. The van der Waals surface area contributed by atoms with Gasteiger partial charge in [0, 0.05) is 30.6 Å². The van der Waals surface area contributed by atoms with E-state index in [0.717, 1.165) is 6.07 Å². The van der Waals surface area contributed by atoms with Crippen LogP contribution in [0.5, 0.6) is 5.75 Å². The maximum Gasteiger partial charge on any atom is 0.243 e. The highest BCUT2D eigenvalue weighted by atomic mass is 32.2. The number of rotatable bonds is 6. The molecule has 4 rings (SSSR count). The first kappa shape index (κ1) is 23.8. The minimum Gasteiger partial charge on any atom is -0.497 e. The molecule has 0 spiro atoms. The van der Waals surface area contributed by atoms with Crippen molar-refractivity contribution in [1.29, 1.82) is 0 Å². The summed E-state index contributed by atoms with van der Waals surface area (Å²) in [5, 5.41) is 2.61. The van der Waals surface area contributed by atoms with Gasteiger partial charge in [-0.3, -0.25) is 4.79 Å². The summed E-state index contributed by atoms with van der Waals surface area (Å²) in [5.41, 5.74) is 0.716. The molecule has 1 saturated heterocycles. The van der Waals surface area contributed by atoms with E-state index in [0.29, 0.717) is 11.3 Å². The molecule has 178 valence electrons. The summed E-state index contributed by atoms with van der Waals surface area (Å²) in [6, 6.07) is 16.7. The standard InChI is InChI=1S/C25H24F2N2O4S/c1-33-20-7-9-21(10-8-20)34(31,32)29-13-11-18(12-14-29)25(30)28-24-22(15-19(26)16-23(24)27)17-5-3-2-4-6-17/h2-10,15-16,18H,11-14H2,1H3,(H,28,30). The number of methoxy groups -OCH3 is 1. The summed E-state index contributed by atoms with van der Waals surface area (Å²) in [6.45, 7) is 0.313. The van der Waals surface area contributed by atoms with Gasteiger partial charge in [0.25, 0.3) is 0 Å². The monoisotopic (exact) mass is 486 g/mol. The fourth-order valence-corrected chi connectivity index (χ4v) is 5.50. The molecule has 0 aromatic heterocycles. The zero-order valence-electron chi connectivity index (χ0n) is 18.5. The number of hydrogen-bond donors (Lipinski definition) is 1. The van der Waals surface area contributed by atoms with Crippen LogP contribution in [0.15, 0.2) is 71.6 Å². The van der Waals surface area contributed by atoms with Gasteiger partial charge in [0.2, 0.25) is 15.9 Å². The van der Waals surface area contributed by atoms with E-state index in [9.17, 15) is 22.0 Å². The Balaban J connectivity index is 1.46. The normalized spacial score (nSPS) is 15.1. The summed E-state index contributed by atoms with van der Waals surface area (Å²) < 4.78 is 60.8. The largest absolute Gasteiger partial charge is 0.497 e. The van der Waals surface area contributed by atoms with Crippen LogP contribution in [0, 0.1) is 17.6 Å². The van der Waals surface area contributed by atoms with Crippen molar-refractivity contribution in [2.24, 2.45) is 5.92 Å². The number of ether oxygens (including phenoxy) is 1. The molecule has 1 heterocycles. The summed E-state index contributed by atoms with van der Waals surface area (Å²) in [5.74, 6) is -1.99. The Kier molecular flexibility index (Phi) is 6.95. The molecular formula is C25H24F2N2O4S. The van der Waals surface area contributed by atoms with Crippen molar-refractivity contribution in [1.82, 2.24) is 4.31 Å². The fourth-order valence-electron chi connectivity index (χ4n) is 4.03. The summed E-state index contributed by atoms with van der Waals surface area (Å²) in [7, 11) is -2.20. The average molecular weight is 487 g/mol. The smallest absolute Gasteiger partial charge is 0.243 e. The highest BCUT2D eigenvalue weighted by Gasteiger charge is 2.32. The molecule has 1 fully saturated rings. The van der Waals surface area contributed by atoms with Crippen molar-refractivity contribution >= 4 is 21.6 Å². The topological polar surface area (TPSA) is 75.7 Å². The molecule has 34 heavy (non-hydrogen) atoms. The molecule has 1 amide bonds. The summed E-state index contributed by atoms with van der Waals surface area (Å²) >= 11 is 0. The predicted molar refractivity (Wildman–Crippen MR) is 125 cm³/mol. The van der Waals surface area contributed by atoms with E-state index in [1.54, 1.807) is 42.5 Å². The van der Waals surface area contributed by atoms with E-state index >= 15 is 0 Å². The maximum absolute atomic E-state index is 14.6. The molecule has 1 N–H and O–H groups in total. The van der Waals surface area contributed by atoms with Crippen LogP contribution < -0.4 is 10.1 Å². The lowest BCUT2D eigenvalue weighted by Crippen LogP contribution is -2.41. The van der Waals surface area contributed by atoms with Crippen LogP contribution in [0.1, 0.15) is 12.8 Å². The Labute approximate surface area is 197 Å². The van der Waals surface area contributed by atoms with Crippen molar-refractivity contribution in [3.63, 3.8) is 0 Å². The van der Waals surface area contributed by atoms with E-state index < -0.39 is 33.5 Å². The van der Waals surface area contributed by atoms with Gasteiger partial charge in [-0.05, 0) is 48.7 Å². The zero-order chi connectivity index (χ0) is 24.3.